The van der Waals surface area contributed by atoms with E-state index in [1.54, 1.807) is 0 Å². The second-order valence-electron chi connectivity index (χ2n) is 7.59. The van der Waals surface area contributed by atoms with Crippen molar-refractivity contribution in [3.63, 3.8) is 0 Å². The summed E-state index contributed by atoms with van der Waals surface area (Å²) in [6.07, 6.45) is 0.580. The molecule has 1 aliphatic heterocycles. The van der Waals surface area contributed by atoms with E-state index in [2.05, 4.69) is 15.4 Å². The summed E-state index contributed by atoms with van der Waals surface area (Å²) in [6.45, 7) is 5.71. The van der Waals surface area contributed by atoms with Crippen molar-refractivity contribution < 1.29 is 13.2 Å². The fraction of sp³-hybridized carbons (Fsp3) is 0.400. The summed E-state index contributed by atoms with van der Waals surface area (Å²) >= 11 is 0. The van der Waals surface area contributed by atoms with Crippen LogP contribution in [0.15, 0.2) is 30.3 Å². The van der Waals surface area contributed by atoms with Crippen molar-refractivity contribution in [2.75, 3.05) is 11.5 Å². The van der Waals surface area contributed by atoms with Gasteiger partial charge in [-0.25, -0.2) is 8.42 Å². The molecule has 8 nitrogen and oxygen atoms in total. The van der Waals surface area contributed by atoms with E-state index in [9.17, 15) is 13.2 Å². The van der Waals surface area contributed by atoms with Gasteiger partial charge in [0.2, 0.25) is 5.82 Å². The van der Waals surface area contributed by atoms with Gasteiger partial charge >= 0.3 is 0 Å². The highest BCUT2D eigenvalue weighted by molar-refractivity contribution is 7.91. The van der Waals surface area contributed by atoms with Crippen molar-refractivity contribution in [1.29, 1.82) is 0 Å². The van der Waals surface area contributed by atoms with Crippen molar-refractivity contribution >= 4 is 15.6 Å². The van der Waals surface area contributed by atoms with E-state index in [4.69, 9.17) is 0 Å². The smallest absolute Gasteiger partial charge is 0.205 e. The minimum Gasteiger partial charge on any atom is -0.344 e. The molecule has 0 unspecified atom stereocenters. The standard InChI is InChI=1S/C20H23N5O3S/c1-13-6-4-5-7-17(13)20-21-23-24(22-20)11-19(26)18-10-14(2)25(15(18)3)16-8-9-29(27,28)12-16/h4-7,10,16H,8-9,11-12H2,1-3H3/t16-/m1/s1. The number of ketones is 1. The van der Waals surface area contributed by atoms with Crippen molar-refractivity contribution in [3.8, 4) is 11.4 Å². The molecule has 1 atom stereocenters. The van der Waals surface area contributed by atoms with Gasteiger partial charge in [0.05, 0.1) is 11.5 Å². The number of nitrogens with zero attached hydrogens (tertiary/aromatic N) is 5. The van der Waals surface area contributed by atoms with Crippen LogP contribution >= 0.6 is 0 Å². The van der Waals surface area contributed by atoms with Gasteiger partial charge in [0, 0.05) is 28.6 Å². The Hall–Kier alpha value is -2.81. The van der Waals surface area contributed by atoms with Crippen LogP contribution in [0.3, 0.4) is 0 Å². The highest BCUT2D eigenvalue weighted by atomic mass is 32.2. The summed E-state index contributed by atoms with van der Waals surface area (Å²) in [5, 5.41) is 12.4. The van der Waals surface area contributed by atoms with Gasteiger partial charge in [-0.3, -0.25) is 4.79 Å². The summed E-state index contributed by atoms with van der Waals surface area (Å²) in [6, 6.07) is 9.45. The number of benzene rings is 1. The molecule has 0 bridgehead atoms. The topological polar surface area (TPSA) is 99.7 Å². The number of aromatic nitrogens is 5. The van der Waals surface area contributed by atoms with Crippen LogP contribution in [0, 0.1) is 20.8 Å². The monoisotopic (exact) mass is 413 g/mol. The Morgan fingerprint density at radius 1 is 1.21 bits per heavy atom. The third-order valence-corrected chi connectivity index (χ3v) is 7.23. The van der Waals surface area contributed by atoms with Crippen molar-refractivity contribution in [3.05, 3.63) is 52.8 Å². The fourth-order valence-electron chi connectivity index (χ4n) is 4.06. The van der Waals surface area contributed by atoms with Crippen LogP contribution in [0.4, 0.5) is 0 Å². The lowest BCUT2D eigenvalue weighted by Gasteiger charge is -2.16. The van der Waals surface area contributed by atoms with Gasteiger partial charge in [-0.15, -0.1) is 10.2 Å². The van der Waals surface area contributed by atoms with Crippen LogP contribution in [0.25, 0.3) is 11.4 Å². The summed E-state index contributed by atoms with van der Waals surface area (Å²) in [5.41, 5.74) is 4.16. The molecule has 1 saturated heterocycles. The zero-order valence-electron chi connectivity index (χ0n) is 16.7. The third-order valence-electron chi connectivity index (χ3n) is 5.48. The lowest BCUT2D eigenvalue weighted by atomic mass is 10.1. The first-order valence-corrected chi connectivity index (χ1v) is 11.3. The normalized spacial score (nSPS) is 18.2. The number of rotatable bonds is 5. The van der Waals surface area contributed by atoms with Crippen molar-refractivity contribution in [2.45, 2.75) is 39.8 Å². The molecule has 0 saturated carbocycles. The molecule has 0 aliphatic carbocycles. The Morgan fingerprint density at radius 3 is 2.66 bits per heavy atom. The van der Waals surface area contributed by atoms with Crippen LogP contribution in [0.1, 0.15) is 39.8 Å². The molecular weight excluding hydrogens is 390 g/mol. The SMILES string of the molecule is Cc1ccccc1-c1nnn(CC(=O)c2cc(C)n([C@@H]3CCS(=O)(=O)C3)c2C)n1. The number of sulfone groups is 1. The maximum atomic E-state index is 12.9. The zero-order valence-corrected chi connectivity index (χ0v) is 17.5. The fourth-order valence-corrected chi connectivity index (χ4v) is 5.76. The average Bonchev–Trinajstić information content (AvgIpc) is 3.33. The van der Waals surface area contributed by atoms with Crippen LogP contribution in [-0.2, 0) is 16.4 Å². The molecule has 1 aliphatic rings. The zero-order chi connectivity index (χ0) is 20.8. The molecule has 29 heavy (non-hydrogen) atoms. The summed E-state index contributed by atoms with van der Waals surface area (Å²) < 4.78 is 25.7. The van der Waals surface area contributed by atoms with Gasteiger partial charge in [0.15, 0.2) is 15.6 Å². The predicted octanol–water partition coefficient (Wildman–Crippen LogP) is 2.31. The first kappa shape index (κ1) is 19.5. The molecule has 4 rings (SSSR count). The van der Waals surface area contributed by atoms with Gasteiger partial charge in [-0.2, -0.15) is 4.80 Å². The lowest BCUT2D eigenvalue weighted by Crippen LogP contribution is -2.16. The van der Waals surface area contributed by atoms with Crippen LogP contribution in [0.5, 0.6) is 0 Å². The first-order chi connectivity index (χ1) is 13.7. The molecule has 0 amide bonds. The Bertz CT molecular complexity index is 1190. The second kappa shape index (κ2) is 7.22. The highest BCUT2D eigenvalue weighted by Gasteiger charge is 2.31. The number of tetrazole rings is 1. The van der Waals surface area contributed by atoms with E-state index in [1.165, 1.54) is 4.80 Å². The summed E-state index contributed by atoms with van der Waals surface area (Å²) in [5.74, 6) is 0.681. The van der Waals surface area contributed by atoms with Crippen LogP contribution in [0.2, 0.25) is 0 Å². The molecule has 9 heteroatoms. The van der Waals surface area contributed by atoms with E-state index < -0.39 is 9.84 Å². The number of carbonyl (C=O) groups is 1. The molecule has 3 aromatic rings. The van der Waals surface area contributed by atoms with Crippen LogP contribution in [-0.4, -0.2) is 50.5 Å². The number of hydrogen-bond acceptors (Lipinski definition) is 6. The van der Waals surface area contributed by atoms with E-state index in [1.807, 2.05) is 55.7 Å². The van der Waals surface area contributed by atoms with Crippen molar-refractivity contribution in [1.82, 2.24) is 24.8 Å². The van der Waals surface area contributed by atoms with Gasteiger partial charge in [-0.05, 0) is 44.0 Å². The first-order valence-electron chi connectivity index (χ1n) is 9.51. The molecule has 0 radical (unpaired) electrons. The molecular formula is C20H23N5O3S. The van der Waals surface area contributed by atoms with E-state index in [0.717, 1.165) is 22.5 Å². The molecule has 0 spiro atoms. The maximum absolute atomic E-state index is 12.9. The quantitative estimate of drug-likeness (QED) is 0.595. The number of hydrogen-bond donors (Lipinski definition) is 0. The largest absolute Gasteiger partial charge is 0.344 e. The Labute approximate surface area is 169 Å². The van der Waals surface area contributed by atoms with E-state index in [0.29, 0.717) is 17.8 Å². The predicted molar refractivity (Wildman–Crippen MR) is 109 cm³/mol. The van der Waals surface area contributed by atoms with Gasteiger partial charge in [0.1, 0.15) is 6.54 Å². The van der Waals surface area contributed by atoms with E-state index in [-0.39, 0.29) is 29.9 Å². The van der Waals surface area contributed by atoms with E-state index >= 15 is 0 Å². The van der Waals surface area contributed by atoms with Gasteiger partial charge < -0.3 is 4.57 Å². The molecule has 1 fully saturated rings. The number of aryl methyl sites for hydroxylation is 2. The Morgan fingerprint density at radius 2 is 1.97 bits per heavy atom. The summed E-state index contributed by atoms with van der Waals surface area (Å²) in [4.78, 5) is 14.2. The molecule has 152 valence electrons. The number of carbonyl (C=O) groups excluding carboxylic acids is 1. The van der Waals surface area contributed by atoms with Crippen molar-refractivity contribution in [2.24, 2.45) is 0 Å². The average molecular weight is 414 g/mol. The minimum absolute atomic E-state index is 0.0217. The molecule has 3 heterocycles. The molecule has 0 N–H and O–H groups in total. The third kappa shape index (κ3) is 3.74. The Balaban J connectivity index is 1.56. The van der Waals surface area contributed by atoms with Gasteiger partial charge in [0.25, 0.3) is 0 Å². The highest BCUT2D eigenvalue weighted by Crippen LogP contribution is 2.29. The second-order valence-corrected chi connectivity index (χ2v) is 9.82. The minimum atomic E-state index is -3.00. The Kier molecular flexibility index (Phi) is 4.85. The number of Topliss-reactive ketones (excluding diaryl/α,β-unsaturated/α-hetero) is 1. The maximum Gasteiger partial charge on any atom is 0.205 e. The summed E-state index contributed by atoms with van der Waals surface area (Å²) in [7, 11) is -3.00. The molecule has 2 aromatic heterocycles. The lowest BCUT2D eigenvalue weighted by molar-refractivity contribution is 0.0960. The molecule has 1 aromatic carbocycles. The van der Waals surface area contributed by atoms with Crippen LogP contribution < -0.4 is 0 Å². The van der Waals surface area contributed by atoms with Gasteiger partial charge in [-0.1, -0.05) is 24.3 Å².